The number of aliphatic carboxylic acids is 1. The number of nitrogens with two attached hydrogens (primary N) is 1. The lowest BCUT2D eigenvalue weighted by Crippen LogP contribution is -2.55. The standard InChI is InChI=1S/C27H32F2N4O4/c1-27(2,3)25(32(23(35)16-34)12-11-21(30)26(36)37)24-18(13-17-7-5-4-6-8-17)15-33(31-24)22-14-19(28)9-10-20(22)29/h4-10,14-15,18,21,25,34H,11-13,16,30H2,1-3H3/p+1/t18?,21-,25-/m0/s1. The summed E-state index contributed by atoms with van der Waals surface area (Å²) in [5.41, 5.74) is 6.48. The quantitative estimate of drug-likeness (QED) is 0.421. The van der Waals surface area contributed by atoms with E-state index in [9.17, 15) is 28.6 Å². The number of hydrogen-bond donors (Lipinski definition) is 3. The molecule has 8 nitrogen and oxygen atoms in total. The van der Waals surface area contributed by atoms with Gasteiger partial charge in [0.1, 0.15) is 24.2 Å². The third kappa shape index (κ3) is 6.84. The smallest absolute Gasteiger partial charge is 0.320 e. The molecule has 0 saturated carbocycles. The number of rotatable bonds is 10. The molecule has 1 amide bonds. The van der Waals surface area contributed by atoms with Crippen molar-refractivity contribution < 1.29 is 33.3 Å². The van der Waals surface area contributed by atoms with Crippen molar-refractivity contribution in [3.63, 3.8) is 0 Å². The third-order valence-corrected chi connectivity index (χ3v) is 6.24. The molecule has 0 aromatic heterocycles. The van der Waals surface area contributed by atoms with Crippen LogP contribution < -0.4 is 5.73 Å². The monoisotopic (exact) mass is 515 g/mol. The summed E-state index contributed by atoms with van der Waals surface area (Å²) in [6.45, 7) is 4.83. The molecular formula is C27H33F2N4O4+. The van der Waals surface area contributed by atoms with Gasteiger partial charge in [-0.05, 0) is 41.1 Å². The Hall–Kier alpha value is -3.50. The van der Waals surface area contributed by atoms with Crippen molar-refractivity contribution in [2.24, 2.45) is 22.2 Å². The van der Waals surface area contributed by atoms with E-state index in [1.165, 1.54) is 9.58 Å². The molecule has 37 heavy (non-hydrogen) atoms. The summed E-state index contributed by atoms with van der Waals surface area (Å²) in [5, 5.41) is 23.7. The molecule has 0 fully saturated rings. The van der Waals surface area contributed by atoms with Crippen molar-refractivity contribution in [2.45, 2.75) is 45.7 Å². The predicted octanol–water partition coefficient (Wildman–Crippen LogP) is 2.95. The van der Waals surface area contributed by atoms with Crippen LogP contribution in [0.15, 0.2) is 53.6 Å². The molecule has 0 bridgehead atoms. The first-order valence-electron chi connectivity index (χ1n) is 12.0. The molecule has 3 rings (SSSR count). The van der Waals surface area contributed by atoms with Crippen LogP contribution in [-0.2, 0) is 16.0 Å². The number of carbonyl (C=O) groups is 2. The van der Waals surface area contributed by atoms with Crippen molar-refractivity contribution in [2.75, 3.05) is 13.2 Å². The maximum absolute atomic E-state index is 14.7. The number of nitrogens with zero attached hydrogens (tertiary/aromatic N) is 3. The Labute approximate surface area is 214 Å². The zero-order valence-corrected chi connectivity index (χ0v) is 21.1. The molecule has 4 N–H and O–H groups in total. The number of aliphatic hydroxyl groups excluding tert-OH is 1. The van der Waals surface area contributed by atoms with Crippen LogP contribution in [0.2, 0.25) is 0 Å². The van der Waals surface area contributed by atoms with Gasteiger partial charge in [-0.1, -0.05) is 55.8 Å². The zero-order valence-electron chi connectivity index (χ0n) is 21.1. The number of aliphatic hydroxyl groups is 1. The summed E-state index contributed by atoms with van der Waals surface area (Å²) in [6, 6.07) is 10.7. The van der Waals surface area contributed by atoms with E-state index < -0.39 is 53.5 Å². The van der Waals surface area contributed by atoms with Crippen LogP contribution in [0.25, 0.3) is 0 Å². The largest absolute Gasteiger partial charge is 0.480 e. The normalized spacial score (nSPS) is 17.1. The van der Waals surface area contributed by atoms with Gasteiger partial charge in [0.2, 0.25) is 5.91 Å². The number of carboxylic acid groups (broad SMARTS) is 1. The van der Waals surface area contributed by atoms with E-state index in [4.69, 9.17) is 5.73 Å². The average Bonchev–Trinajstić information content (AvgIpc) is 3.24. The minimum absolute atomic E-state index is 0.0415. The van der Waals surface area contributed by atoms with Crippen LogP contribution in [0, 0.1) is 23.0 Å². The lowest BCUT2D eigenvalue weighted by Gasteiger charge is -2.40. The van der Waals surface area contributed by atoms with Crippen LogP contribution in [-0.4, -0.2) is 68.8 Å². The molecule has 1 unspecified atom stereocenters. The number of amides is 1. The number of hydrogen-bond acceptors (Lipinski definition) is 5. The molecule has 198 valence electrons. The van der Waals surface area contributed by atoms with Crippen LogP contribution in [0.4, 0.5) is 14.5 Å². The lowest BCUT2D eigenvalue weighted by atomic mass is 9.77. The topological polar surface area (TPSA) is 119 Å². The Bertz CT molecular complexity index is 1190. The van der Waals surface area contributed by atoms with Crippen molar-refractivity contribution in [3.8, 4) is 0 Å². The highest BCUT2D eigenvalue weighted by molar-refractivity contribution is 6.04. The van der Waals surface area contributed by atoms with E-state index in [0.29, 0.717) is 12.1 Å². The molecular weight excluding hydrogens is 482 g/mol. The van der Waals surface area contributed by atoms with Crippen molar-refractivity contribution in [1.29, 1.82) is 0 Å². The predicted molar refractivity (Wildman–Crippen MR) is 136 cm³/mol. The molecule has 1 aliphatic heterocycles. The summed E-state index contributed by atoms with van der Waals surface area (Å²) in [6.07, 6.45) is 2.11. The molecule has 0 saturated heterocycles. The number of carbonyl (C=O) groups excluding carboxylic acids is 1. The van der Waals surface area contributed by atoms with Gasteiger partial charge in [0.15, 0.2) is 12.0 Å². The SMILES string of the molecule is CC(C)(C)[C@H](C1=N[N+](c2cc(F)ccc2F)=CC1Cc1ccccc1)N(CC[C@H](N)C(=O)O)C(=O)CO. The third-order valence-electron chi connectivity index (χ3n) is 6.24. The van der Waals surface area contributed by atoms with Gasteiger partial charge in [-0.25, -0.2) is 4.39 Å². The Morgan fingerprint density at radius 3 is 2.43 bits per heavy atom. The summed E-state index contributed by atoms with van der Waals surface area (Å²) >= 11 is 0. The van der Waals surface area contributed by atoms with Crippen LogP contribution >= 0.6 is 0 Å². The molecule has 10 heteroatoms. The maximum atomic E-state index is 14.7. The molecule has 1 heterocycles. The number of benzene rings is 2. The molecule has 0 spiro atoms. The van der Waals surface area contributed by atoms with Crippen molar-refractivity contribution >= 4 is 29.5 Å². The fourth-order valence-corrected chi connectivity index (χ4v) is 4.52. The summed E-state index contributed by atoms with van der Waals surface area (Å²) in [5.74, 6) is -3.51. The first-order valence-corrected chi connectivity index (χ1v) is 12.0. The van der Waals surface area contributed by atoms with Gasteiger partial charge in [0, 0.05) is 6.54 Å². The molecule has 2 aromatic carbocycles. The minimum atomic E-state index is -1.20. The highest BCUT2D eigenvalue weighted by atomic mass is 19.1. The molecule has 0 radical (unpaired) electrons. The van der Waals surface area contributed by atoms with E-state index in [2.05, 4.69) is 5.10 Å². The fourth-order valence-electron chi connectivity index (χ4n) is 4.52. The molecule has 1 aliphatic rings. The van der Waals surface area contributed by atoms with Gasteiger partial charge in [-0.2, -0.15) is 4.39 Å². The summed E-state index contributed by atoms with van der Waals surface area (Å²) in [4.78, 5) is 25.7. The van der Waals surface area contributed by atoms with E-state index in [1.54, 1.807) is 6.21 Å². The van der Waals surface area contributed by atoms with Gasteiger partial charge in [0.05, 0.1) is 18.0 Å². The van der Waals surface area contributed by atoms with Crippen LogP contribution in [0.5, 0.6) is 0 Å². The van der Waals surface area contributed by atoms with Crippen molar-refractivity contribution in [3.05, 3.63) is 65.7 Å². The van der Waals surface area contributed by atoms with Crippen LogP contribution in [0.1, 0.15) is 32.8 Å². The number of halogens is 2. The van der Waals surface area contributed by atoms with Gasteiger partial charge in [-0.3, -0.25) is 9.59 Å². The Kier molecular flexibility index (Phi) is 8.88. The average molecular weight is 516 g/mol. The fraction of sp³-hybridized carbons (Fsp3) is 0.407. The first-order chi connectivity index (χ1) is 17.4. The second-order valence-electron chi connectivity index (χ2n) is 10.2. The lowest BCUT2D eigenvalue weighted by molar-refractivity contribution is -0.440. The first kappa shape index (κ1) is 28.1. The van der Waals surface area contributed by atoms with Crippen LogP contribution in [0.3, 0.4) is 0 Å². The van der Waals surface area contributed by atoms with Gasteiger partial charge >= 0.3 is 5.97 Å². The second-order valence-corrected chi connectivity index (χ2v) is 10.2. The van der Waals surface area contributed by atoms with E-state index in [0.717, 1.165) is 23.8 Å². The van der Waals surface area contributed by atoms with E-state index in [1.807, 2.05) is 51.1 Å². The van der Waals surface area contributed by atoms with Gasteiger partial charge in [-0.15, -0.1) is 0 Å². The Morgan fingerprint density at radius 1 is 1.16 bits per heavy atom. The highest BCUT2D eigenvalue weighted by Gasteiger charge is 2.45. The molecule has 0 aliphatic carbocycles. The summed E-state index contributed by atoms with van der Waals surface area (Å²) < 4.78 is 30.0. The number of hydrazone groups is 1. The van der Waals surface area contributed by atoms with E-state index >= 15 is 0 Å². The Morgan fingerprint density at radius 2 is 1.84 bits per heavy atom. The van der Waals surface area contributed by atoms with Gasteiger partial charge < -0.3 is 20.8 Å². The zero-order chi connectivity index (χ0) is 27.3. The molecule has 2 aromatic rings. The van der Waals surface area contributed by atoms with E-state index in [-0.39, 0.29) is 18.7 Å². The Balaban J connectivity index is 2.11. The van der Waals surface area contributed by atoms with Crippen molar-refractivity contribution in [1.82, 2.24) is 4.90 Å². The highest BCUT2D eigenvalue weighted by Crippen LogP contribution is 2.33. The maximum Gasteiger partial charge on any atom is 0.320 e. The minimum Gasteiger partial charge on any atom is -0.480 e. The number of carboxylic acids is 1. The van der Waals surface area contributed by atoms with Gasteiger partial charge in [0.25, 0.3) is 5.69 Å². The second kappa shape index (κ2) is 11.7. The summed E-state index contributed by atoms with van der Waals surface area (Å²) in [7, 11) is 0. The molecule has 3 atom stereocenters.